The van der Waals surface area contributed by atoms with Crippen molar-refractivity contribution in [2.75, 3.05) is 31.9 Å². The second-order valence-corrected chi connectivity index (χ2v) is 23.0. The Morgan fingerprint density at radius 3 is 0.736 bits per heavy atom. The van der Waals surface area contributed by atoms with Crippen LogP contribution < -0.4 is 68.8 Å². The zero-order chi connectivity index (χ0) is 51.6. The minimum absolute atomic E-state index is 0.0791. The first-order chi connectivity index (χ1) is 34.2. The monoisotopic (exact) mass is 1040 g/mol. The molecule has 6 aromatic rings. The molecule has 6 amide bonds. The van der Waals surface area contributed by atoms with Crippen LogP contribution in [0.15, 0.2) is 150 Å². The molecule has 0 unspecified atom stereocenters. The fourth-order valence-corrected chi connectivity index (χ4v) is 17.1. The standard InChI is InChI=1S/C48H50N9O12P3/c1-31(58)49-37-7-19-43(20-8-37)64-71(65-44-21-9-38(10-22-44)50-32(2)59,66-45-23-11-39(12-24-45)51-33(3)60)55-70-56-72(57-71,67-46-25-13-40(14-26-46)52-34(4)61,68-47-27-15-41(16-28-47)53-35(5)62)69-48-29-17-42(18-30-48)54-36(6)63/h7-30,57H,1-6H3,(H,49,58)(H,50,59)(H,51,60)(H,52,61)(H,53,62)(H,54,63)(H,55,56). The van der Waals surface area contributed by atoms with E-state index in [9.17, 15) is 28.8 Å². The van der Waals surface area contributed by atoms with Gasteiger partial charge in [0.25, 0.3) is 0 Å². The molecule has 21 nitrogen and oxygen atoms in total. The topological polar surface area (TPSA) is 266 Å². The van der Waals surface area contributed by atoms with Crippen LogP contribution in [0.3, 0.4) is 0 Å². The molecule has 1 heterocycles. The molecule has 0 radical (unpaired) electrons. The van der Waals surface area contributed by atoms with Crippen molar-refractivity contribution in [1.29, 1.82) is 0 Å². The van der Waals surface area contributed by atoms with Gasteiger partial charge in [0.2, 0.25) is 0 Å². The normalized spacial score (nSPS) is 15.8. The summed E-state index contributed by atoms with van der Waals surface area (Å²) in [6.45, 7) is 8.20. The van der Waals surface area contributed by atoms with E-state index in [4.69, 9.17) is 31.7 Å². The van der Waals surface area contributed by atoms with E-state index in [1.807, 2.05) is 0 Å². The van der Waals surface area contributed by atoms with Gasteiger partial charge in [-0.05, 0) is 0 Å². The molecule has 6 aromatic carbocycles. The van der Waals surface area contributed by atoms with E-state index >= 15 is 0 Å². The van der Waals surface area contributed by atoms with Crippen molar-refractivity contribution in [1.82, 2.24) is 9.72 Å². The predicted octanol–water partition coefficient (Wildman–Crippen LogP) is 10.7. The second-order valence-electron chi connectivity index (χ2n) is 15.9. The molecule has 0 saturated heterocycles. The van der Waals surface area contributed by atoms with E-state index in [-0.39, 0.29) is 78.5 Å². The number of benzene rings is 6. The molecule has 1 aliphatic heterocycles. The molecular weight excluding hydrogens is 988 g/mol. The van der Waals surface area contributed by atoms with Crippen molar-refractivity contribution >= 4 is 93.3 Å². The van der Waals surface area contributed by atoms with Gasteiger partial charge in [-0.1, -0.05) is 0 Å². The van der Waals surface area contributed by atoms with Crippen LogP contribution in [-0.2, 0) is 28.8 Å². The van der Waals surface area contributed by atoms with Crippen LogP contribution in [0, 0.1) is 0 Å². The molecule has 0 spiro atoms. The van der Waals surface area contributed by atoms with Crippen molar-refractivity contribution in [2.24, 2.45) is 4.52 Å². The van der Waals surface area contributed by atoms with Crippen LogP contribution in [-0.4, -0.2) is 35.4 Å². The first kappa shape index (κ1) is 51.7. The Kier molecular flexibility index (Phi) is 15.4. The Balaban J connectivity index is 1.54. The van der Waals surface area contributed by atoms with Crippen molar-refractivity contribution in [3.05, 3.63) is 146 Å². The average Bonchev–Trinajstić information content (AvgIpc) is 3.29. The van der Waals surface area contributed by atoms with Gasteiger partial charge in [-0.2, -0.15) is 0 Å². The zero-order valence-corrected chi connectivity index (χ0v) is 42.2. The predicted molar refractivity (Wildman–Crippen MR) is 278 cm³/mol. The first-order valence-corrected chi connectivity index (χ1v) is 26.5. The van der Waals surface area contributed by atoms with Gasteiger partial charge >= 0.3 is 417 Å². The Morgan fingerprint density at radius 1 is 0.347 bits per heavy atom. The molecule has 0 bridgehead atoms. The number of carbonyl (C=O) groups excluding carboxylic acids is 6. The summed E-state index contributed by atoms with van der Waals surface area (Å²) in [6, 6.07) is 37.6. The molecule has 24 heteroatoms. The molecule has 0 aliphatic carbocycles. The fraction of sp³-hybridized carbons (Fsp3) is 0.125. The van der Waals surface area contributed by atoms with Gasteiger partial charge in [-0.3, -0.25) is 0 Å². The molecule has 0 aromatic heterocycles. The van der Waals surface area contributed by atoms with Crippen LogP contribution in [0.4, 0.5) is 34.1 Å². The summed E-state index contributed by atoms with van der Waals surface area (Å²) in [5, 5.41) is 16.4. The van der Waals surface area contributed by atoms with E-state index in [0.29, 0.717) is 34.1 Å². The van der Waals surface area contributed by atoms with Gasteiger partial charge in [-0.25, -0.2) is 0 Å². The third-order valence-electron chi connectivity index (χ3n) is 9.42. The van der Waals surface area contributed by atoms with Crippen LogP contribution in [0.5, 0.6) is 34.5 Å². The number of nitrogens with one attached hydrogen (secondary N) is 8. The summed E-state index contributed by atoms with van der Waals surface area (Å²) in [7, 11) is -11.7. The average molecular weight is 1040 g/mol. The summed E-state index contributed by atoms with van der Waals surface area (Å²) in [5.74, 6) is -1.38. The van der Waals surface area contributed by atoms with Crippen LogP contribution in [0.25, 0.3) is 0 Å². The van der Waals surface area contributed by atoms with Gasteiger partial charge in [0.05, 0.1) is 0 Å². The van der Waals surface area contributed by atoms with Gasteiger partial charge in [0, 0.05) is 0 Å². The molecule has 7 rings (SSSR count). The number of amides is 6. The van der Waals surface area contributed by atoms with E-state index < -0.39 is 15.2 Å². The summed E-state index contributed by atoms with van der Waals surface area (Å²) in [6.07, 6.45) is 0. The molecule has 8 N–H and O–H groups in total. The maximum atomic E-state index is 12.1. The Bertz CT molecular complexity index is 2720. The Hall–Kier alpha value is -8.18. The number of anilines is 6. The van der Waals surface area contributed by atoms with E-state index in [1.54, 1.807) is 146 Å². The number of carbonyl (C=O) groups is 6. The first-order valence-electron chi connectivity index (χ1n) is 21.8. The maximum absolute atomic E-state index is 12.1. The third kappa shape index (κ3) is 13.6. The second kappa shape index (κ2) is 21.4. The fourth-order valence-electron chi connectivity index (χ4n) is 6.80. The summed E-state index contributed by atoms with van der Waals surface area (Å²) < 4.78 is 47.9. The number of nitrogens with zero attached hydrogens (tertiary/aromatic N) is 1. The molecule has 0 fully saturated rings. The van der Waals surface area contributed by atoms with Crippen molar-refractivity contribution in [2.45, 2.75) is 41.5 Å². The third-order valence-corrected chi connectivity index (χ3v) is 18.7. The van der Waals surface area contributed by atoms with Crippen LogP contribution in [0.1, 0.15) is 41.5 Å². The van der Waals surface area contributed by atoms with Crippen molar-refractivity contribution in [3.8, 4) is 34.5 Å². The minimum atomic E-state index is -5.87. The zero-order valence-electron chi connectivity index (χ0n) is 39.5. The van der Waals surface area contributed by atoms with Crippen LogP contribution in [0.2, 0.25) is 0 Å². The van der Waals surface area contributed by atoms with E-state index in [2.05, 4.69) is 41.6 Å². The molecular formula is C48H50N9O12P3. The SMILES string of the molecule is CC(=O)Nc1ccc(OP2(Oc3ccc(NC(C)=O)cc3)(Oc3ccc(NC(C)=O)cc3)N=PNP(Oc3ccc(NC(C)=O)cc3)(Oc3ccc(NC(C)=O)cc3)(Oc3ccc(NC(C)=O)cc3)N2)cc1. The van der Waals surface area contributed by atoms with Gasteiger partial charge < -0.3 is 0 Å². The van der Waals surface area contributed by atoms with Crippen LogP contribution >= 0.6 is 23.7 Å². The van der Waals surface area contributed by atoms with Gasteiger partial charge in [0.15, 0.2) is 0 Å². The molecule has 1 aliphatic rings. The van der Waals surface area contributed by atoms with Gasteiger partial charge in [-0.15, -0.1) is 0 Å². The molecule has 0 atom stereocenters. The summed E-state index contributed by atoms with van der Waals surface area (Å²) in [5.41, 5.74) is 2.59. The van der Waals surface area contributed by atoms with Crippen molar-refractivity contribution in [3.63, 3.8) is 0 Å². The Labute approximate surface area is 415 Å². The number of rotatable bonds is 18. The van der Waals surface area contributed by atoms with Gasteiger partial charge in [0.1, 0.15) is 0 Å². The number of hydrogen-bond acceptors (Lipinski definition) is 15. The summed E-state index contributed by atoms with van der Waals surface area (Å²) in [4.78, 5) is 79.2. The van der Waals surface area contributed by atoms with E-state index in [1.165, 1.54) is 41.5 Å². The van der Waals surface area contributed by atoms with E-state index in [0.717, 1.165) is 0 Å². The molecule has 72 heavy (non-hydrogen) atoms. The molecule has 374 valence electrons. The quantitative estimate of drug-likeness (QED) is 0.0372. The Morgan fingerprint density at radius 2 is 0.542 bits per heavy atom. The summed E-state index contributed by atoms with van der Waals surface area (Å²) >= 11 is 0. The molecule has 0 saturated carbocycles. The number of hydrogen-bond donors (Lipinski definition) is 8. The van der Waals surface area contributed by atoms with Crippen molar-refractivity contribution < 1.29 is 55.9 Å².